The first-order valence-electron chi connectivity index (χ1n) is 11.6. The van der Waals surface area contributed by atoms with Crippen molar-refractivity contribution in [3.05, 3.63) is 107 Å². The minimum atomic E-state index is -0.262. The van der Waals surface area contributed by atoms with E-state index in [1.807, 2.05) is 18.2 Å². The largest absolute Gasteiger partial charge is 0.379 e. The van der Waals surface area contributed by atoms with Crippen molar-refractivity contribution < 1.29 is 13.9 Å². The van der Waals surface area contributed by atoms with Gasteiger partial charge in [-0.1, -0.05) is 54.6 Å². The number of ether oxygens (including phenoxy) is 1. The highest BCUT2D eigenvalue weighted by Crippen LogP contribution is 2.23. The van der Waals surface area contributed by atoms with Crippen LogP contribution in [0.3, 0.4) is 0 Å². The van der Waals surface area contributed by atoms with Gasteiger partial charge in [-0.15, -0.1) is 0 Å². The van der Waals surface area contributed by atoms with Crippen molar-refractivity contribution in [2.75, 3.05) is 26.3 Å². The Morgan fingerprint density at radius 2 is 1.59 bits per heavy atom. The number of hydrogen-bond donors (Lipinski definition) is 1. The maximum absolute atomic E-state index is 13.2. The number of fused-ring (bicyclic) bond motifs is 1. The van der Waals surface area contributed by atoms with Gasteiger partial charge in [0.2, 0.25) is 0 Å². The Hall–Kier alpha value is -3.54. The van der Waals surface area contributed by atoms with E-state index in [9.17, 15) is 9.18 Å². The fraction of sp³-hybridized carbons (Fsp3) is 0.207. The molecule has 1 fully saturated rings. The molecule has 1 amide bonds. The Labute approximate surface area is 199 Å². The molecule has 0 saturated carbocycles. The number of halogens is 1. The fourth-order valence-electron chi connectivity index (χ4n) is 4.40. The van der Waals surface area contributed by atoms with Crippen LogP contribution < -0.4 is 5.32 Å². The SMILES string of the molecule is O=C(NCc1cccc2cc(CN3CCOCC3)ccc12)c1ccc(-c2ccc(F)cc2)cc1. The topological polar surface area (TPSA) is 41.6 Å². The van der Waals surface area contributed by atoms with Gasteiger partial charge in [0.25, 0.3) is 5.91 Å². The summed E-state index contributed by atoms with van der Waals surface area (Å²) in [4.78, 5) is 15.2. The molecule has 0 bridgehead atoms. The number of nitrogens with zero attached hydrogens (tertiary/aromatic N) is 1. The molecule has 5 rings (SSSR count). The zero-order valence-electron chi connectivity index (χ0n) is 19.0. The summed E-state index contributed by atoms with van der Waals surface area (Å²) in [6, 6.07) is 26.5. The van der Waals surface area contributed by atoms with Crippen molar-refractivity contribution in [3.8, 4) is 11.1 Å². The van der Waals surface area contributed by atoms with Gasteiger partial charge >= 0.3 is 0 Å². The fourth-order valence-corrected chi connectivity index (χ4v) is 4.40. The molecular weight excluding hydrogens is 427 g/mol. The van der Waals surface area contributed by atoms with Gasteiger partial charge in [-0.3, -0.25) is 9.69 Å². The van der Waals surface area contributed by atoms with E-state index in [-0.39, 0.29) is 11.7 Å². The second kappa shape index (κ2) is 10.2. The first-order valence-corrected chi connectivity index (χ1v) is 11.6. The average molecular weight is 455 g/mol. The summed E-state index contributed by atoms with van der Waals surface area (Å²) >= 11 is 0. The maximum Gasteiger partial charge on any atom is 0.251 e. The lowest BCUT2D eigenvalue weighted by atomic mass is 10.0. The zero-order chi connectivity index (χ0) is 23.3. The molecule has 0 spiro atoms. The quantitative estimate of drug-likeness (QED) is 0.424. The van der Waals surface area contributed by atoms with Crippen molar-refractivity contribution in [1.82, 2.24) is 10.2 Å². The van der Waals surface area contributed by atoms with Gasteiger partial charge in [-0.2, -0.15) is 0 Å². The lowest BCUT2D eigenvalue weighted by Crippen LogP contribution is -2.35. The summed E-state index contributed by atoms with van der Waals surface area (Å²) in [5.74, 6) is -0.381. The van der Waals surface area contributed by atoms with Crippen molar-refractivity contribution >= 4 is 16.7 Å². The predicted octanol–water partition coefficient (Wildman–Crippen LogP) is 5.41. The van der Waals surface area contributed by atoms with Gasteiger partial charge < -0.3 is 10.1 Å². The Kier molecular flexibility index (Phi) is 6.65. The van der Waals surface area contributed by atoms with E-state index in [1.54, 1.807) is 24.3 Å². The number of carbonyl (C=O) groups is 1. The molecule has 1 N–H and O–H groups in total. The van der Waals surface area contributed by atoms with E-state index in [2.05, 4.69) is 40.5 Å². The summed E-state index contributed by atoms with van der Waals surface area (Å²) in [6.07, 6.45) is 0. The minimum absolute atomic E-state index is 0.119. The van der Waals surface area contributed by atoms with Gasteiger partial charge in [0.15, 0.2) is 0 Å². The Bertz CT molecular complexity index is 1280. The molecule has 34 heavy (non-hydrogen) atoms. The lowest BCUT2D eigenvalue weighted by Gasteiger charge is -2.26. The molecule has 5 heteroatoms. The van der Waals surface area contributed by atoms with Crippen molar-refractivity contribution in [3.63, 3.8) is 0 Å². The highest BCUT2D eigenvalue weighted by atomic mass is 19.1. The van der Waals surface area contributed by atoms with Gasteiger partial charge in [-0.05, 0) is 63.4 Å². The van der Waals surface area contributed by atoms with Gasteiger partial charge in [0.05, 0.1) is 13.2 Å². The van der Waals surface area contributed by atoms with E-state index < -0.39 is 0 Å². The third-order valence-electron chi connectivity index (χ3n) is 6.31. The van der Waals surface area contributed by atoms with Crippen LogP contribution in [0.1, 0.15) is 21.5 Å². The van der Waals surface area contributed by atoms with Crippen LogP contribution in [0.15, 0.2) is 84.9 Å². The number of rotatable bonds is 6. The molecule has 0 radical (unpaired) electrons. The van der Waals surface area contributed by atoms with E-state index >= 15 is 0 Å². The number of amides is 1. The monoisotopic (exact) mass is 454 g/mol. The first-order chi connectivity index (χ1) is 16.7. The molecule has 0 atom stereocenters. The second-order valence-corrected chi connectivity index (χ2v) is 8.63. The Morgan fingerprint density at radius 3 is 2.32 bits per heavy atom. The maximum atomic E-state index is 13.2. The van der Waals surface area contributed by atoms with Gasteiger partial charge in [0.1, 0.15) is 5.82 Å². The zero-order valence-corrected chi connectivity index (χ0v) is 19.0. The van der Waals surface area contributed by atoms with E-state index in [4.69, 9.17) is 4.74 Å². The Balaban J connectivity index is 1.25. The average Bonchev–Trinajstić information content (AvgIpc) is 2.88. The number of morpholine rings is 1. The number of hydrogen-bond acceptors (Lipinski definition) is 3. The molecule has 172 valence electrons. The third kappa shape index (κ3) is 5.16. The predicted molar refractivity (Wildman–Crippen MR) is 133 cm³/mol. The van der Waals surface area contributed by atoms with Crippen LogP contribution in [0.4, 0.5) is 4.39 Å². The molecule has 4 aromatic carbocycles. The normalized spacial score (nSPS) is 14.3. The summed E-state index contributed by atoms with van der Waals surface area (Å²) in [7, 11) is 0. The molecule has 0 aromatic heterocycles. The summed E-state index contributed by atoms with van der Waals surface area (Å²) in [5.41, 5.74) is 4.83. The summed E-state index contributed by atoms with van der Waals surface area (Å²) in [5, 5.41) is 5.38. The van der Waals surface area contributed by atoms with E-state index in [0.29, 0.717) is 12.1 Å². The molecule has 4 nitrogen and oxygen atoms in total. The van der Waals surface area contributed by atoms with Gasteiger partial charge in [-0.25, -0.2) is 4.39 Å². The van der Waals surface area contributed by atoms with Crippen LogP contribution in [0, 0.1) is 5.82 Å². The van der Waals surface area contributed by atoms with Crippen molar-refractivity contribution in [2.45, 2.75) is 13.1 Å². The van der Waals surface area contributed by atoms with Crippen LogP contribution in [-0.2, 0) is 17.8 Å². The molecule has 1 aliphatic heterocycles. The first kappa shape index (κ1) is 22.3. The highest BCUT2D eigenvalue weighted by Gasteiger charge is 2.12. The molecule has 1 aliphatic rings. The molecular formula is C29H27FN2O2. The van der Waals surface area contributed by atoms with Gasteiger partial charge in [0, 0.05) is 31.7 Å². The molecule has 1 heterocycles. The Morgan fingerprint density at radius 1 is 0.882 bits per heavy atom. The van der Waals surface area contributed by atoms with Crippen LogP contribution in [0.25, 0.3) is 21.9 Å². The number of nitrogens with one attached hydrogen (secondary N) is 1. The highest BCUT2D eigenvalue weighted by molar-refractivity contribution is 5.95. The van der Waals surface area contributed by atoms with Crippen LogP contribution in [-0.4, -0.2) is 37.1 Å². The minimum Gasteiger partial charge on any atom is -0.379 e. The lowest BCUT2D eigenvalue weighted by molar-refractivity contribution is 0.0342. The van der Waals surface area contributed by atoms with E-state index in [1.165, 1.54) is 23.1 Å². The van der Waals surface area contributed by atoms with Crippen molar-refractivity contribution in [2.24, 2.45) is 0 Å². The standard InChI is InChI=1S/C29H27FN2O2/c30-27-11-9-23(10-12-27)22-5-7-24(8-6-22)29(33)31-19-26-3-1-2-25-18-21(4-13-28(25)26)20-32-14-16-34-17-15-32/h1-13,18H,14-17,19-20H2,(H,31,33). The second-order valence-electron chi connectivity index (χ2n) is 8.63. The van der Waals surface area contributed by atoms with Crippen LogP contribution in [0.2, 0.25) is 0 Å². The summed E-state index contributed by atoms with van der Waals surface area (Å²) < 4.78 is 18.6. The molecule has 4 aromatic rings. The molecule has 1 saturated heterocycles. The number of benzene rings is 4. The smallest absolute Gasteiger partial charge is 0.251 e. The third-order valence-corrected chi connectivity index (χ3v) is 6.31. The molecule has 0 aliphatic carbocycles. The van der Waals surface area contributed by atoms with Crippen molar-refractivity contribution in [1.29, 1.82) is 0 Å². The summed E-state index contributed by atoms with van der Waals surface area (Å²) in [6.45, 7) is 4.91. The van der Waals surface area contributed by atoms with Crippen LogP contribution >= 0.6 is 0 Å². The number of carbonyl (C=O) groups excluding carboxylic acids is 1. The van der Waals surface area contributed by atoms with E-state index in [0.717, 1.165) is 54.9 Å². The van der Waals surface area contributed by atoms with Crippen LogP contribution in [0.5, 0.6) is 0 Å². The molecule has 0 unspecified atom stereocenters.